The quantitative estimate of drug-likeness (QED) is 0.123. The summed E-state index contributed by atoms with van der Waals surface area (Å²) in [6.45, 7) is 13.9. The van der Waals surface area contributed by atoms with Gasteiger partial charge >= 0.3 is 0 Å². The molecule has 2 heterocycles. The molecule has 59 heavy (non-hydrogen) atoms. The smallest absolute Gasteiger partial charge is 0.252 e. The average molecular weight is 777 g/mol. The lowest BCUT2D eigenvalue weighted by molar-refractivity contribution is 0.591. The normalized spacial score (nSPS) is 13.2. The molecule has 0 aliphatic carbocycles. The van der Waals surface area contributed by atoms with E-state index in [-0.39, 0.29) is 12.1 Å². The Morgan fingerprint density at radius 3 is 1.49 bits per heavy atom. The minimum atomic E-state index is -2.77. The van der Waals surface area contributed by atoms with Gasteiger partial charge in [0.15, 0.2) is 8.07 Å². The molecular weight excluding hydrogens is 728 g/mol. The fourth-order valence-corrected chi connectivity index (χ4v) is 14.8. The minimum Gasteiger partial charge on any atom is -0.311 e. The van der Waals surface area contributed by atoms with Crippen LogP contribution in [-0.2, 0) is 5.41 Å². The molecule has 8 aromatic carbocycles. The van der Waals surface area contributed by atoms with Gasteiger partial charge < -0.3 is 9.80 Å². The van der Waals surface area contributed by atoms with Crippen molar-refractivity contribution in [3.63, 3.8) is 0 Å². The topological polar surface area (TPSA) is 6.48 Å². The molecule has 0 aromatic heterocycles. The molecule has 2 aliphatic rings. The van der Waals surface area contributed by atoms with E-state index < -0.39 is 8.07 Å². The Kier molecular flexibility index (Phi) is 8.88. The summed E-state index contributed by atoms with van der Waals surface area (Å²) >= 11 is 0. The highest BCUT2D eigenvalue weighted by atomic mass is 28.3. The first-order valence-electron chi connectivity index (χ1n) is 21.0. The summed E-state index contributed by atoms with van der Waals surface area (Å²) in [5, 5.41) is 5.54. The number of rotatable bonds is 6. The van der Waals surface area contributed by atoms with E-state index in [1.54, 1.807) is 0 Å². The molecular formula is C55H49BN2Si. The predicted octanol–water partition coefficient (Wildman–Crippen LogP) is 9.37. The highest BCUT2D eigenvalue weighted by molar-refractivity contribution is 7.19. The van der Waals surface area contributed by atoms with Crippen molar-refractivity contribution in [2.24, 2.45) is 0 Å². The zero-order valence-electron chi connectivity index (χ0n) is 34.9. The van der Waals surface area contributed by atoms with E-state index in [0.29, 0.717) is 0 Å². The van der Waals surface area contributed by atoms with Gasteiger partial charge in [0, 0.05) is 34.1 Å². The second kappa shape index (κ2) is 14.2. The van der Waals surface area contributed by atoms with Gasteiger partial charge in [-0.25, -0.2) is 0 Å². The fourth-order valence-electron chi connectivity index (χ4n) is 10.1. The Hall–Kier alpha value is -6.36. The first-order valence-corrected chi connectivity index (χ1v) is 23.0. The number of nitrogens with zero attached hydrogens (tertiary/aromatic N) is 2. The molecule has 10 rings (SSSR count). The van der Waals surface area contributed by atoms with Crippen molar-refractivity contribution in [1.82, 2.24) is 0 Å². The summed E-state index contributed by atoms with van der Waals surface area (Å²) < 4.78 is 0. The molecule has 0 saturated heterocycles. The lowest BCUT2D eigenvalue weighted by Gasteiger charge is -2.45. The number of anilines is 6. The Morgan fingerprint density at radius 1 is 0.390 bits per heavy atom. The summed E-state index contributed by atoms with van der Waals surface area (Å²) in [7, 11) is -2.77. The third kappa shape index (κ3) is 5.92. The predicted molar refractivity (Wildman–Crippen MR) is 257 cm³/mol. The van der Waals surface area contributed by atoms with Crippen LogP contribution in [0.1, 0.15) is 43.0 Å². The van der Waals surface area contributed by atoms with Crippen LogP contribution < -0.4 is 46.9 Å². The van der Waals surface area contributed by atoms with E-state index >= 15 is 0 Å². The average Bonchev–Trinajstić information content (AvgIpc) is 3.25. The molecule has 0 saturated carbocycles. The zero-order chi connectivity index (χ0) is 40.5. The van der Waals surface area contributed by atoms with Crippen molar-refractivity contribution in [1.29, 1.82) is 0 Å². The lowest BCUT2D eigenvalue weighted by Crippen LogP contribution is -2.74. The number of fused-ring (bicyclic) bond motifs is 4. The molecule has 0 unspecified atom stereocenters. The van der Waals surface area contributed by atoms with Crippen molar-refractivity contribution in [2.45, 2.75) is 47.0 Å². The van der Waals surface area contributed by atoms with E-state index in [4.69, 9.17) is 0 Å². The molecule has 0 spiro atoms. The van der Waals surface area contributed by atoms with Crippen molar-refractivity contribution < 1.29 is 0 Å². The Morgan fingerprint density at radius 2 is 0.898 bits per heavy atom. The number of hydrogen-bond donors (Lipinski definition) is 0. The highest BCUT2D eigenvalue weighted by Crippen LogP contribution is 2.46. The zero-order valence-corrected chi connectivity index (χ0v) is 35.9. The Balaban J connectivity index is 1.27. The molecule has 0 bridgehead atoms. The molecule has 0 fully saturated rings. The first-order chi connectivity index (χ1) is 28.6. The molecule has 0 atom stereocenters. The van der Waals surface area contributed by atoms with Gasteiger partial charge in [-0.2, -0.15) is 0 Å². The second-order valence-corrected chi connectivity index (χ2v) is 21.4. The highest BCUT2D eigenvalue weighted by Gasteiger charge is 2.45. The van der Waals surface area contributed by atoms with Crippen molar-refractivity contribution >= 4 is 86.0 Å². The van der Waals surface area contributed by atoms with Crippen LogP contribution in [0, 0.1) is 20.8 Å². The second-order valence-electron chi connectivity index (χ2n) is 17.6. The first kappa shape index (κ1) is 36.9. The molecule has 2 nitrogen and oxygen atoms in total. The Bertz CT molecular complexity index is 2750. The molecule has 4 heteroatoms. The van der Waals surface area contributed by atoms with Gasteiger partial charge in [0.2, 0.25) is 0 Å². The number of benzene rings is 8. The maximum absolute atomic E-state index is 2.77. The summed E-state index contributed by atoms with van der Waals surface area (Å²) in [5.74, 6) is 0. The summed E-state index contributed by atoms with van der Waals surface area (Å²) in [4.78, 5) is 5.11. The van der Waals surface area contributed by atoms with Gasteiger partial charge in [-0.05, 0) is 117 Å². The van der Waals surface area contributed by atoms with Crippen LogP contribution in [-0.4, -0.2) is 14.8 Å². The molecule has 0 radical (unpaired) electrons. The number of aryl methyl sites for hydroxylation is 3. The van der Waals surface area contributed by atoms with E-state index in [1.165, 1.54) is 93.5 Å². The summed E-state index contributed by atoms with van der Waals surface area (Å²) in [6, 6.07) is 71.4. The third-order valence-electron chi connectivity index (χ3n) is 12.7. The van der Waals surface area contributed by atoms with Gasteiger partial charge in [-0.1, -0.05) is 177 Å². The summed E-state index contributed by atoms with van der Waals surface area (Å²) in [6.07, 6.45) is 0. The maximum atomic E-state index is 2.60. The van der Waals surface area contributed by atoms with Gasteiger partial charge in [-0.3, -0.25) is 0 Å². The van der Waals surface area contributed by atoms with E-state index in [2.05, 4.69) is 239 Å². The van der Waals surface area contributed by atoms with Gasteiger partial charge in [0.05, 0.1) is 0 Å². The summed E-state index contributed by atoms with van der Waals surface area (Å²) in [5.41, 5.74) is 16.4. The largest absolute Gasteiger partial charge is 0.311 e. The number of para-hydroxylation sites is 1. The van der Waals surface area contributed by atoms with Crippen molar-refractivity contribution in [3.05, 3.63) is 210 Å². The lowest BCUT2D eigenvalue weighted by atomic mass is 9.33. The fraction of sp³-hybridized carbons (Fsp3) is 0.127. The third-order valence-corrected chi connectivity index (χ3v) is 17.4. The van der Waals surface area contributed by atoms with Crippen LogP contribution in [0.5, 0.6) is 0 Å². The van der Waals surface area contributed by atoms with Gasteiger partial charge in [0.1, 0.15) is 0 Å². The van der Waals surface area contributed by atoms with Crippen LogP contribution in [0.4, 0.5) is 34.1 Å². The molecule has 286 valence electrons. The van der Waals surface area contributed by atoms with Gasteiger partial charge in [-0.15, -0.1) is 0 Å². The Labute approximate surface area is 351 Å². The van der Waals surface area contributed by atoms with E-state index in [9.17, 15) is 0 Å². The number of hydrogen-bond acceptors (Lipinski definition) is 2. The van der Waals surface area contributed by atoms with E-state index in [0.717, 1.165) is 0 Å². The van der Waals surface area contributed by atoms with Crippen LogP contribution in [0.15, 0.2) is 188 Å². The van der Waals surface area contributed by atoms with Crippen LogP contribution in [0.25, 0.3) is 0 Å². The maximum Gasteiger partial charge on any atom is 0.252 e. The van der Waals surface area contributed by atoms with E-state index in [1.807, 2.05) is 0 Å². The van der Waals surface area contributed by atoms with Crippen LogP contribution in [0.2, 0.25) is 0 Å². The molecule has 8 aromatic rings. The van der Waals surface area contributed by atoms with Gasteiger partial charge in [0.25, 0.3) is 6.71 Å². The standard InChI is InChI=1S/C55H49BN2Si/c1-38-26-29-41(30-27-38)57-51-32-28-39(2)34-48(51)56-47-24-16-17-25-50(47)58(53-36-40(3)35-52(57)54(53)56)49-33-31-45(37-46(49)55(4,5)6)59(42-18-10-7-11-19-42,43-20-12-8-13-21-43)44-22-14-9-15-23-44/h7-37H,1-6H3. The van der Waals surface area contributed by atoms with Crippen LogP contribution >= 0.6 is 0 Å². The van der Waals surface area contributed by atoms with Crippen LogP contribution in [0.3, 0.4) is 0 Å². The molecule has 0 N–H and O–H groups in total. The monoisotopic (exact) mass is 776 g/mol. The van der Waals surface area contributed by atoms with Crippen molar-refractivity contribution in [3.8, 4) is 0 Å². The SMILES string of the molecule is Cc1ccc(N2c3ccc(C)cc3B3c4ccccc4N(c4ccc([Si](c5ccccc5)(c5ccccc5)c5ccccc5)cc4C(C)(C)C)c4cc(C)cc2c43)cc1. The molecule has 2 aliphatic heterocycles. The molecule has 0 amide bonds. The minimum absolute atomic E-state index is 0.0938. The van der Waals surface area contributed by atoms with Crippen molar-refractivity contribution in [2.75, 3.05) is 9.80 Å².